The van der Waals surface area contributed by atoms with Crippen molar-refractivity contribution in [2.24, 2.45) is 0 Å². The highest BCUT2D eigenvalue weighted by Crippen LogP contribution is 2.31. The van der Waals surface area contributed by atoms with Crippen LogP contribution in [0.4, 0.5) is 0 Å². The van der Waals surface area contributed by atoms with Crippen LogP contribution in [-0.2, 0) is 0 Å². The Kier molecular flexibility index (Phi) is 3.08. The van der Waals surface area contributed by atoms with Crippen LogP contribution in [0.2, 0.25) is 0 Å². The number of thiophene rings is 1. The summed E-state index contributed by atoms with van der Waals surface area (Å²) in [5, 5.41) is 13.0. The lowest BCUT2D eigenvalue weighted by Crippen LogP contribution is -1.97. The average Bonchev–Trinajstić information content (AvgIpc) is 2.71. The van der Waals surface area contributed by atoms with Crippen molar-refractivity contribution in [2.75, 3.05) is 0 Å². The average molecular weight is 236 g/mol. The largest absolute Gasteiger partial charge is 0.478 e. The summed E-state index contributed by atoms with van der Waals surface area (Å²) in [6, 6.07) is 9.01. The van der Waals surface area contributed by atoms with E-state index in [9.17, 15) is 4.79 Å². The third-order valence-corrected chi connectivity index (χ3v) is 3.74. The third kappa shape index (κ3) is 2.40. The number of benzene rings is 1. The first kappa shape index (κ1) is 10.3. The first-order valence-corrected chi connectivity index (χ1v) is 6.05. The van der Waals surface area contributed by atoms with Crippen molar-refractivity contribution in [3.05, 3.63) is 46.7 Å². The molecule has 4 heteroatoms. The Labute approximate surface area is 95.6 Å². The fourth-order valence-electron chi connectivity index (χ4n) is 1.17. The Hall–Kier alpha value is -1.26. The summed E-state index contributed by atoms with van der Waals surface area (Å²) in [6.45, 7) is 0. The summed E-state index contributed by atoms with van der Waals surface area (Å²) in [6.07, 6.45) is 0. The first-order valence-electron chi connectivity index (χ1n) is 4.30. The van der Waals surface area contributed by atoms with Crippen LogP contribution in [-0.4, -0.2) is 11.1 Å². The predicted molar refractivity (Wildman–Crippen MR) is 61.8 cm³/mol. The van der Waals surface area contributed by atoms with Crippen LogP contribution >= 0.6 is 23.1 Å². The molecule has 0 saturated heterocycles. The summed E-state index contributed by atoms with van der Waals surface area (Å²) in [7, 11) is 0. The molecular formula is C11H8O2S2. The topological polar surface area (TPSA) is 37.3 Å². The second-order valence-corrected chi connectivity index (χ2v) is 4.76. The van der Waals surface area contributed by atoms with Gasteiger partial charge >= 0.3 is 5.97 Å². The molecule has 0 bridgehead atoms. The summed E-state index contributed by atoms with van der Waals surface area (Å²) in [5.74, 6) is -0.881. The van der Waals surface area contributed by atoms with E-state index >= 15 is 0 Å². The summed E-state index contributed by atoms with van der Waals surface area (Å²) >= 11 is 3.08. The Morgan fingerprint density at radius 3 is 2.73 bits per heavy atom. The Bertz CT molecular complexity index is 463. The quantitative estimate of drug-likeness (QED) is 0.884. The van der Waals surface area contributed by atoms with E-state index in [0.29, 0.717) is 5.56 Å². The summed E-state index contributed by atoms with van der Waals surface area (Å²) in [5.41, 5.74) is 0.355. The van der Waals surface area contributed by atoms with E-state index in [1.807, 2.05) is 29.0 Å². The molecule has 1 aromatic carbocycles. The Morgan fingerprint density at radius 1 is 1.27 bits per heavy atom. The van der Waals surface area contributed by atoms with Gasteiger partial charge in [-0.2, -0.15) is 11.3 Å². The maximum Gasteiger partial charge on any atom is 0.336 e. The van der Waals surface area contributed by atoms with E-state index < -0.39 is 5.97 Å². The van der Waals surface area contributed by atoms with Crippen molar-refractivity contribution in [1.29, 1.82) is 0 Å². The van der Waals surface area contributed by atoms with Gasteiger partial charge < -0.3 is 5.11 Å². The highest BCUT2D eigenvalue weighted by molar-refractivity contribution is 7.99. The molecule has 0 radical (unpaired) electrons. The monoisotopic (exact) mass is 236 g/mol. The van der Waals surface area contributed by atoms with Crippen molar-refractivity contribution in [2.45, 2.75) is 9.79 Å². The SMILES string of the molecule is O=C(O)c1ccccc1Sc1ccsc1. The molecule has 2 rings (SSSR count). The molecular weight excluding hydrogens is 228 g/mol. The lowest BCUT2D eigenvalue weighted by atomic mass is 10.2. The lowest BCUT2D eigenvalue weighted by molar-refractivity contribution is 0.0693. The molecule has 0 aliphatic heterocycles. The Balaban J connectivity index is 2.32. The zero-order valence-electron chi connectivity index (χ0n) is 7.71. The van der Waals surface area contributed by atoms with E-state index in [4.69, 9.17) is 5.11 Å². The summed E-state index contributed by atoms with van der Waals surface area (Å²) < 4.78 is 0. The number of rotatable bonds is 3. The molecule has 1 aromatic heterocycles. The fourth-order valence-corrected chi connectivity index (χ4v) is 2.93. The zero-order valence-corrected chi connectivity index (χ0v) is 9.35. The second-order valence-electron chi connectivity index (χ2n) is 2.86. The van der Waals surface area contributed by atoms with Crippen LogP contribution in [0.25, 0.3) is 0 Å². The van der Waals surface area contributed by atoms with Crippen molar-refractivity contribution < 1.29 is 9.90 Å². The molecule has 2 aromatic rings. The van der Waals surface area contributed by atoms with Gasteiger partial charge in [0.1, 0.15) is 0 Å². The van der Waals surface area contributed by atoms with Crippen molar-refractivity contribution >= 4 is 29.1 Å². The summed E-state index contributed by atoms with van der Waals surface area (Å²) in [4.78, 5) is 12.8. The molecule has 0 aliphatic rings. The van der Waals surface area contributed by atoms with Crippen molar-refractivity contribution in [3.8, 4) is 0 Å². The maximum atomic E-state index is 10.9. The van der Waals surface area contributed by atoms with Crippen LogP contribution in [0.5, 0.6) is 0 Å². The van der Waals surface area contributed by atoms with E-state index in [0.717, 1.165) is 9.79 Å². The van der Waals surface area contributed by atoms with E-state index in [1.165, 1.54) is 11.8 Å². The molecule has 1 N–H and O–H groups in total. The molecule has 1 heterocycles. The molecule has 15 heavy (non-hydrogen) atoms. The van der Waals surface area contributed by atoms with Gasteiger partial charge in [-0.25, -0.2) is 4.79 Å². The molecule has 0 fully saturated rings. The lowest BCUT2D eigenvalue weighted by Gasteiger charge is -2.02. The number of carboxylic acids is 1. The minimum Gasteiger partial charge on any atom is -0.478 e. The van der Waals surface area contributed by atoms with Gasteiger partial charge in [0, 0.05) is 15.2 Å². The number of aromatic carboxylic acids is 1. The molecule has 0 saturated carbocycles. The van der Waals surface area contributed by atoms with Gasteiger partial charge in [-0.3, -0.25) is 0 Å². The van der Waals surface area contributed by atoms with Gasteiger partial charge in [0.15, 0.2) is 0 Å². The molecule has 0 aliphatic carbocycles. The fraction of sp³-hybridized carbons (Fsp3) is 0. The van der Waals surface area contributed by atoms with Crippen LogP contribution in [0.1, 0.15) is 10.4 Å². The van der Waals surface area contributed by atoms with Crippen LogP contribution < -0.4 is 0 Å². The molecule has 0 unspecified atom stereocenters. The molecule has 0 spiro atoms. The molecule has 0 amide bonds. The smallest absolute Gasteiger partial charge is 0.336 e. The Morgan fingerprint density at radius 2 is 2.07 bits per heavy atom. The minimum atomic E-state index is -0.881. The third-order valence-electron chi connectivity index (χ3n) is 1.84. The minimum absolute atomic E-state index is 0.355. The molecule has 2 nitrogen and oxygen atoms in total. The maximum absolute atomic E-state index is 10.9. The second kappa shape index (κ2) is 4.51. The van der Waals surface area contributed by atoms with Crippen LogP contribution in [0.3, 0.4) is 0 Å². The van der Waals surface area contributed by atoms with Gasteiger partial charge in [0.25, 0.3) is 0 Å². The number of hydrogen-bond acceptors (Lipinski definition) is 3. The molecule has 0 atom stereocenters. The highest BCUT2D eigenvalue weighted by Gasteiger charge is 2.09. The number of hydrogen-bond donors (Lipinski definition) is 1. The molecule has 76 valence electrons. The predicted octanol–water partition coefficient (Wildman–Crippen LogP) is 3.60. The van der Waals surface area contributed by atoms with Gasteiger partial charge in [-0.1, -0.05) is 23.9 Å². The normalized spacial score (nSPS) is 10.1. The van der Waals surface area contributed by atoms with Crippen molar-refractivity contribution in [3.63, 3.8) is 0 Å². The number of carboxylic acid groups (broad SMARTS) is 1. The van der Waals surface area contributed by atoms with Crippen molar-refractivity contribution in [1.82, 2.24) is 0 Å². The first-order chi connectivity index (χ1) is 7.27. The standard InChI is InChI=1S/C11H8O2S2/c12-11(13)9-3-1-2-4-10(9)15-8-5-6-14-7-8/h1-7H,(H,12,13). The van der Waals surface area contributed by atoms with Crippen LogP contribution in [0, 0.1) is 0 Å². The highest BCUT2D eigenvalue weighted by atomic mass is 32.2. The van der Waals surface area contributed by atoms with E-state index in [1.54, 1.807) is 23.5 Å². The number of carbonyl (C=O) groups is 1. The van der Waals surface area contributed by atoms with Gasteiger partial charge in [0.2, 0.25) is 0 Å². The van der Waals surface area contributed by atoms with Gasteiger partial charge in [0.05, 0.1) is 5.56 Å². The zero-order chi connectivity index (χ0) is 10.7. The van der Waals surface area contributed by atoms with E-state index in [-0.39, 0.29) is 0 Å². The van der Waals surface area contributed by atoms with Gasteiger partial charge in [-0.15, -0.1) is 0 Å². The van der Waals surface area contributed by atoms with Crippen LogP contribution in [0.15, 0.2) is 50.9 Å². The van der Waals surface area contributed by atoms with E-state index in [2.05, 4.69) is 0 Å². The van der Waals surface area contributed by atoms with Gasteiger partial charge in [-0.05, 0) is 23.6 Å².